The summed E-state index contributed by atoms with van der Waals surface area (Å²) < 4.78 is 25.8. The van der Waals surface area contributed by atoms with E-state index in [1.54, 1.807) is 11.4 Å². The fourth-order valence-electron chi connectivity index (χ4n) is 0.364. The zero-order valence-corrected chi connectivity index (χ0v) is 5.98. The highest BCUT2D eigenvalue weighted by Crippen LogP contribution is 2.04. The van der Waals surface area contributed by atoms with Crippen LogP contribution in [0.5, 0.6) is 0 Å². The van der Waals surface area contributed by atoms with Crippen molar-refractivity contribution in [3.63, 3.8) is 0 Å². The van der Waals surface area contributed by atoms with E-state index in [2.05, 4.69) is 9.10 Å². The summed E-state index contributed by atoms with van der Waals surface area (Å²) in [5, 5.41) is 1.70. The smallest absolute Gasteiger partial charge is 0.223 e. The molecule has 0 aliphatic carbocycles. The van der Waals surface area contributed by atoms with Crippen molar-refractivity contribution in [1.29, 1.82) is 0 Å². The Balaban J connectivity index is 2.68. The van der Waals surface area contributed by atoms with E-state index in [9.17, 15) is 8.42 Å². The Morgan fingerprint density at radius 1 is 1.67 bits per heavy atom. The SMILES string of the molecule is O=[SH](=O)Nc1ccsn1. The van der Waals surface area contributed by atoms with Crippen molar-refractivity contribution in [3.05, 3.63) is 11.4 Å². The molecule has 0 bridgehead atoms. The quantitative estimate of drug-likeness (QED) is 0.609. The van der Waals surface area contributed by atoms with E-state index < -0.39 is 10.9 Å². The normalized spacial score (nSPS) is 9.89. The molecule has 50 valence electrons. The lowest BCUT2D eigenvalue weighted by molar-refractivity contribution is 0.619. The fraction of sp³-hybridized carbons (Fsp3) is 0. The minimum atomic E-state index is -2.56. The largest absolute Gasteiger partial charge is 0.269 e. The first-order chi connectivity index (χ1) is 4.29. The van der Waals surface area contributed by atoms with Gasteiger partial charge in [-0.2, -0.15) is 4.37 Å². The third-order valence-electron chi connectivity index (χ3n) is 0.644. The monoisotopic (exact) mass is 164 g/mol. The number of anilines is 1. The molecule has 6 heteroatoms. The molecule has 9 heavy (non-hydrogen) atoms. The summed E-state index contributed by atoms with van der Waals surface area (Å²) in [5.74, 6) is 0.385. The van der Waals surface area contributed by atoms with Gasteiger partial charge >= 0.3 is 0 Å². The topological polar surface area (TPSA) is 59.1 Å². The minimum absolute atomic E-state index is 0.385. The predicted molar refractivity (Wildman–Crippen MR) is 36.1 cm³/mol. The number of hydrogen-bond acceptors (Lipinski definition) is 4. The van der Waals surface area contributed by atoms with Gasteiger partial charge in [-0.3, -0.25) is 4.72 Å². The van der Waals surface area contributed by atoms with Crippen LogP contribution in [0.15, 0.2) is 11.4 Å². The lowest BCUT2D eigenvalue weighted by atomic mass is 10.7. The Hall–Kier alpha value is -0.620. The van der Waals surface area contributed by atoms with Gasteiger partial charge in [-0.25, -0.2) is 8.42 Å². The van der Waals surface area contributed by atoms with E-state index in [1.165, 1.54) is 11.5 Å². The molecule has 0 saturated heterocycles. The zero-order valence-electron chi connectivity index (χ0n) is 4.27. The van der Waals surface area contributed by atoms with Crippen molar-refractivity contribution in [2.75, 3.05) is 4.72 Å². The summed E-state index contributed by atoms with van der Waals surface area (Å²) >= 11 is 1.20. The summed E-state index contributed by atoms with van der Waals surface area (Å²) in [6.45, 7) is 0. The van der Waals surface area contributed by atoms with E-state index in [1.807, 2.05) is 0 Å². The Morgan fingerprint density at radius 2 is 2.44 bits per heavy atom. The van der Waals surface area contributed by atoms with Gasteiger partial charge in [0.15, 0.2) is 5.82 Å². The Morgan fingerprint density at radius 3 is 2.89 bits per heavy atom. The highest BCUT2D eigenvalue weighted by molar-refractivity contribution is 7.73. The van der Waals surface area contributed by atoms with Crippen molar-refractivity contribution in [1.82, 2.24) is 4.37 Å². The molecule has 1 N–H and O–H groups in total. The minimum Gasteiger partial charge on any atom is -0.269 e. The molecule has 0 atom stereocenters. The van der Waals surface area contributed by atoms with E-state index in [0.29, 0.717) is 5.82 Å². The van der Waals surface area contributed by atoms with E-state index in [0.717, 1.165) is 0 Å². The van der Waals surface area contributed by atoms with Crippen molar-refractivity contribution < 1.29 is 8.42 Å². The standard InChI is InChI=1S/C3H4N2O2S2/c6-9(7)5-3-1-2-8-4-3/h1-2,9H,(H,4,5,6,7). The summed E-state index contributed by atoms with van der Waals surface area (Å²) in [5.41, 5.74) is 0. The summed E-state index contributed by atoms with van der Waals surface area (Å²) in [6.07, 6.45) is 0. The molecular weight excluding hydrogens is 160 g/mol. The van der Waals surface area contributed by atoms with Crippen molar-refractivity contribution >= 4 is 28.2 Å². The maximum atomic E-state index is 9.96. The van der Waals surface area contributed by atoms with E-state index in [-0.39, 0.29) is 0 Å². The van der Waals surface area contributed by atoms with Gasteiger partial charge in [0.2, 0.25) is 10.9 Å². The van der Waals surface area contributed by atoms with E-state index in [4.69, 9.17) is 0 Å². The van der Waals surface area contributed by atoms with Gasteiger partial charge in [0.05, 0.1) is 0 Å². The van der Waals surface area contributed by atoms with Crippen LogP contribution in [-0.2, 0) is 10.9 Å². The molecule has 1 heterocycles. The highest BCUT2D eigenvalue weighted by Gasteiger charge is 1.89. The van der Waals surface area contributed by atoms with Crippen LogP contribution in [0.2, 0.25) is 0 Å². The second-order valence-corrected chi connectivity index (χ2v) is 2.66. The Labute approximate surface area is 57.8 Å². The predicted octanol–water partition coefficient (Wildman–Crippen LogP) is 0.0814. The first-order valence-corrected chi connectivity index (χ1v) is 4.12. The van der Waals surface area contributed by atoms with Gasteiger partial charge in [0.1, 0.15) is 0 Å². The molecular formula is C3H4N2O2S2. The summed E-state index contributed by atoms with van der Waals surface area (Å²) in [6, 6.07) is 1.59. The van der Waals surface area contributed by atoms with Gasteiger partial charge < -0.3 is 0 Å². The molecule has 1 aromatic rings. The second kappa shape index (κ2) is 2.79. The molecule has 0 saturated carbocycles. The van der Waals surface area contributed by atoms with Crippen LogP contribution in [-0.4, -0.2) is 12.8 Å². The van der Waals surface area contributed by atoms with E-state index >= 15 is 0 Å². The number of hydrogen-bond donors (Lipinski definition) is 2. The van der Waals surface area contributed by atoms with Crippen LogP contribution in [0.25, 0.3) is 0 Å². The van der Waals surface area contributed by atoms with Crippen LogP contribution >= 0.6 is 11.5 Å². The molecule has 1 aromatic heterocycles. The number of rotatable bonds is 2. The van der Waals surface area contributed by atoms with Crippen molar-refractivity contribution in [2.45, 2.75) is 0 Å². The average molecular weight is 164 g/mol. The molecule has 0 spiro atoms. The molecule has 0 aliphatic rings. The van der Waals surface area contributed by atoms with Crippen LogP contribution in [0, 0.1) is 0 Å². The molecule has 1 rings (SSSR count). The van der Waals surface area contributed by atoms with Gasteiger partial charge in [0.25, 0.3) is 0 Å². The number of nitrogens with one attached hydrogen (secondary N) is 1. The van der Waals surface area contributed by atoms with Gasteiger partial charge in [0, 0.05) is 5.38 Å². The lowest BCUT2D eigenvalue weighted by Crippen LogP contribution is -1.93. The Kier molecular flexibility index (Phi) is 2.01. The van der Waals surface area contributed by atoms with Gasteiger partial charge in [-0.15, -0.1) is 0 Å². The number of thiol groups is 1. The zero-order chi connectivity index (χ0) is 6.69. The third-order valence-corrected chi connectivity index (χ3v) is 1.62. The molecule has 0 radical (unpaired) electrons. The van der Waals surface area contributed by atoms with Crippen LogP contribution in [0.3, 0.4) is 0 Å². The highest BCUT2D eigenvalue weighted by atomic mass is 32.2. The molecule has 0 fully saturated rings. The maximum absolute atomic E-state index is 9.96. The van der Waals surface area contributed by atoms with Crippen LogP contribution in [0.4, 0.5) is 5.82 Å². The molecule has 0 aliphatic heterocycles. The molecule has 4 nitrogen and oxygen atoms in total. The summed E-state index contributed by atoms with van der Waals surface area (Å²) in [7, 11) is -2.56. The first kappa shape index (κ1) is 6.50. The summed E-state index contributed by atoms with van der Waals surface area (Å²) in [4.78, 5) is 0. The average Bonchev–Trinajstić information content (AvgIpc) is 2.15. The number of aromatic nitrogens is 1. The fourth-order valence-corrected chi connectivity index (χ4v) is 1.21. The van der Waals surface area contributed by atoms with Crippen LogP contribution in [0.1, 0.15) is 0 Å². The lowest BCUT2D eigenvalue weighted by Gasteiger charge is -1.85. The van der Waals surface area contributed by atoms with Crippen LogP contribution < -0.4 is 4.72 Å². The Bertz CT molecular complexity index is 232. The van der Waals surface area contributed by atoms with Gasteiger partial charge in [-0.1, -0.05) is 0 Å². The molecule has 0 aromatic carbocycles. The second-order valence-electron chi connectivity index (χ2n) is 1.25. The first-order valence-electron chi connectivity index (χ1n) is 2.10. The van der Waals surface area contributed by atoms with Crippen molar-refractivity contribution in [3.8, 4) is 0 Å². The molecule has 0 amide bonds. The van der Waals surface area contributed by atoms with Crippen molar-refractivity contribution in [2.24, 2.45) is 0 Å². The van der Waals surface area contributed by atoms with Gasteiger partial charge in [-0.05, 0) is 17.6 Å². The number of nitrogens with zero attached hydrogens (tertiary/aromatic N) is 1. The maximum Gasteiger partial charge on any atom is 0.223 e. The third kappa shape index (κ3) is 1.98. The molecule has 0 unspecified atom stereocenters.